The van der Waals surface area contributed by atoms with Crippen molar-refractivity contribution < 1.29 is 36.2 Å². The molecule has 0 aromatic heterocycles. The number of carbonyl (C=O) groups excluding carboxylic acids is 1. The van der Waals surface area contributed by atoms with Gasteiger partial charge >= 0.3 is 24.0 Å². The van der Waals surface area contributed by atoms with Crippen LogP contribution in [0.1, 0.15) is 5.56 Å². The smallest absolute Gasteiger partial charge is 0.350 e. The minimum atomic E-state index is -6.26. The van der Waals surface area contributed by atoms with Crippen LogP contribution in [0.3, 0.4) is 0 Å². The highest BCUT2D eigenvalue weighted by atomic mass is 19.4. The minimum absolute atomic E-state index is 0.0544. The van der Waals surface area contributed by atoms with Crippen LogP contribution in [0.25, 0.3) is 10.8 Å². The Balaban J connectivity index is 2.76. The minimum Gasteiger partial charge on any atom is -0.350 e. The second kappa shape index (κ2) is 6.10. The molecule has 2 amide bonds. The third-order valence-corrected chi connectivity index (χ3v) is 3.52. The van der Waals surface area contributed by atoms with E-state index in [1.54, 1.807) is 0 Å². The summed E-state index contributed by atoms with van der Waals surface area (Å²) in [5, 5.41) is 13.1. The van der Waals surface area contributed by atoms with Gasteiger partial charge in [0.25, 0.3) is 0 Å². The molecule has 25 heavy (non-hydrogen) atoms. The lowest BCUT2D eigenvalue weighted by Gasteiger charge is -2.31. The monoisotopic (exact) mass is 366 g/mol. The maximum atomic E-state index is 14.3. The quantitative estimate of drug-likeness (QED) is 0.722. The predicted molar refractivity (Wildman–Crippen MR) is 78.0 cm³/mol. The van der Waals surface area contributed by atoms with E-state index in [9.17, 15) is 31.1 Å². The Morgan fingerprint density at radius 1 is 1.00 bits per heavy atom. The highest BCUT2D eigenvalue weighted by Crippen LogP contribution is 2.51. The Labute approximate surface area is 137 Å². The summed E-state index contributed by atoms with van der Waals surface area (Å²) in [4.78, 5) is 11.5. The molecule has 0 aliphatic carbocycles. The summed E-state index contributed by atoms with van der Waals surface area (Å²) < 4.78 is 79.9. The number of fused-ring (bicyclic) bond motifs is 1. The summed E-state index contributed by atoms with van der Waals surface area (Å²) in [5.74, 6) is -11.2. The van der Waals surface area contributed by atoms with Crippen molar-refractivity contribution >= 4 is 22.5 Å². The molecule has 0 fully saturated rings. The molecule has 0 spiro atoms. The predicted octanol–water partition coefficient (Wildman–Crippen LogP) is 3.90. The van der Waals surface area contributed by atoms with Crippen LogP contribution in [0.15, 0.2) is 36.4 Å². The summed E-state index contributed by atoms with van der Waals surface area (Å²) in [6.45, 7) is 0. The van der Waals surface area contributed by atoms with Gasteiger partial charge in [0.15, 0.2) is 0 Å². The molecule has 3 N–H and O–H groups in total. The van der Waals surface area contributed by atoms with Crippen molar-refractivity contribution in [3.8, 4) is 0 Å². The van der Waals surface area contributed by atoms with Crippen LogP contribution in [0.4, 0.5) is 36.8 Å². The van der Waals surface area contributed by atoms with Gasteiger partial charge in [0, 0.05) is 12.4 Å². The number of hydrogen-bond donors (Lipinski definition) is 3. The van der Waals surface area contributed by atoms with Gasteiger partial charge in [-0.1, -0.05) is 36.4 Å². The first-order valence-electron chi connectivity index (χ1n) is 6.80. The topological polar surface area (TPSA) is 61.4 Å². The molecular formula is C15H12F6N2O2. The third kappa shape index (κ3) is 3.09. The number of alkyl halides is 6. The second-order valence-electron chi connectivity index (χ2n) is 5.11. The van der Waals surface area contributed by atoms with E-state index in [4.69, 9.17) is 5.11 Å². The van der Waals surface area contributed by atoms with Crippen LogP contribution in [0.5, 0.6) is 0 Å². The molecule has 0 bridgehead atoms. The Hall–Kier alpha value is -2.49. The molecule has 1 atom stereocenters. The third-order valence-electron chi connectivity index (χ3n) is 3.52. The molecule has 2 aromatic carbocycles. The van der Waals surface area contributed by atoms with Gasteiger partial charge in [0.05, 0.1) is 11.3 Å². The van der Waals surface area contributed by atoms with Gasteiger partial charge in [-0.3, -0.25) is 0 Å². The molecule has 2 rings (SSSR count). The first-order chi connectivity index (χ1) is 11.4. The van der Waals surface area contributed by atoms with Crippen LogP contribution in [0, 0.1) is 0 Å². The fourth-order valence-corrected chi connectivity index (χ4v) is 2.20. The highest BCUT2D eigenvalue weighted by Gasteiger charge is 2.72. The SMILES string of the molecule is CNC(=O)Nc1c(C(F)(F)C(O)(F)C(F)(F)F)ccc2ccccc12. The van der Waals surface area contributed by atoms with Crippen molar-refractivity contribution in [3.05, 3.63) is 42.0 Å². The summed E-state index contributed by atoms with van der Waals surface area (Å²) in [5.41, 5.74) is -2.26. The van der Waals surface area contributed by atoms with E-state index >= 15 is 0 Å². The standard InChI is InChI=1S/C15H12F6N2O2/c1-22-12(24)23-11-9-5-3-2-4-8(9)6-7-10(11)13(16,17)14(18,25)15(19,20)21/h2-7,25H,1H3,(H2,22,23,24). The van der Waals surface area contributed by atoms with E-state index in [0.29, 0.717) is 11.5 Å². The van der Waals surface area contributed by atoms with Crippen molar-refractivity contribution in [1.82, 2.24) is 5.32 Å². The zero-order chi connectivity index (χ0) is 19.0. The molecule has 2 aromatic rings. The number of anilines is 1. The Kier molecular flexibility index (Phi) is 4.60. The lowest BCUT2D eigenvalue weighted by molar-refractivity contribution is -0.390. The van der Waals surface area contributed by atoms with E-state index < -0.39 is 35.2 Å². The van der Waals surface area contributed by atoms with Gasteiger partial charge in [0.1, 0.15) is 0 Å². The van der Waals surface area contributed by atoms with Gasteiger partial charge in [-0.15, -0.1) is 0 Å². The van der Waals surface area contributed by atoms with Crippen molar-refractivity contribution in [2.75, 3.05) is 12.4 Å². The summed E-state index contributed by atoms with van der Waals surface area (Å²) in [7, 11) is 1.15. The average Bonchev–Trinajstić information content (AvgIpc) is 2.53. The summed E-state index contributed by atoms with van der Waals surface area (Å²) >= 11 is 0. The van der Waals surface area contributed by atoms with E-state index in [0.717, 1.165) is 13.1 Å². The number of hydrogen-bond acceptors (Lipinski definition) is 2. The molecule has 0 heterocycles. The normalized spacial score (nSPS) is 14.9. The molecular weight excluding hydrogens is 354 g/mol. The fraction of sp³-hybridized carbons (Fsp3) is 0.267. The summed E-state index contributed by atoms with van der Waals surface area (Å²) in [6.07, 6.45) is -6.26. The van der Waals surface area contributed by atoms with Crippen LogP contribution in [-0.4, -0.2) is 30.2 Å². The van der Waals surface area contributed by atoms with E-state index in [1.807, 2.05) is 5.32 Å². The van der Waals surface area contributed by atoms with E-state index in [-0.39, 0.29) is 5.39 Å². The number of halogens is 6. The summed E-state index contributed by atoms with van der Waals surface area (Å²) in [6, 6.07) is 6.17. The number of urea groups is 1. The van der Waals surface area contributed by atoms with Crippen molar-refractivity contribution in [2.24, 2.45) is 0 Å². The largest absolute Gasteiger partial charge is 0.455 e. The Morgan fingerprint density at radius 3 is 2.16 bits per heavy atom. The van der Waals surface area contributed by atoms with Gasteiger partial charge in [-0.05, 0) is 5.39 Å². The zero-order valence-electron chi connectivity index (χ0n) is 12.6. The average molecular weight is 366 g/mol. The van der Waals surface area contributed by atoms with Crippen molar-refractivity contribution in [1.29, 1.82) is 0 Å². The van der Waals surface area contributed by atoms with Crippen LogP contribution in [0.2, 0.25) is 0 Å². The lowest BCUT2D eigenvalue weighted by atomic mass is 9.95. The van der Waals surface area contributed by atoms with E-state index in [1.165, 1.54) is 24.3 Å². The lowest BCUT2D eigenvalue weighted by Crippen LogP contribution is -2.53. The zero-order valence-corrected chi connectivity index (χ0v) is 12.6. The number of rotatable bonds is 3. The molecule has 0 aliphatic rings. The van der Waals surface area contributed by atoms with Crippen LogP contribution >= 0.6 is 0 Å². The number of nitrogens with one attached hydrogen (secondary N) is 2. The Morgan fingerprint density at radius 2 is 1.60 bits per heavy atom. The molecule has 136 valence electrons. The van der Waals surface area contributed by atoms with Gasteiger partial charge in [0.2, 0.25) is 0 Å². The molecule has 10 heteroatoms. The van der Waals surface area contributed by atoms with Crippen molar-refractivity contribution in [2.45, 2.75) is 18.0 Å². The molecule has 0 radical (unpaired) electrons. The molecule has 0 saturated heterocycles. The maximum Gasteiger partial charge on any atom is 0.455 e. The first-order valence-corrected chi connectivity index (χ1v) is 6.80. The molecule has 0 aliphatic heterocycles. The number of aliphatic hydroxyl groups is 1. The maximum absolute atomic E-state index is 14.3. The van der Waals surface area contributed by atoms with Gasteiger partial charge in [-0.25, -0.2) is 4.79 Å². The number of amides is 2. The van der Waals surface area contributed by atoms with Gasteiger partial charge in [-0.2, -0.15) is 26.3 Å². The molecule has 0 saturated carbocycles. The molecule has 1 unspecified atom stereocenters. The second-order valence-corrected chi connectivity index (χ2v) is 5.11. The van der Waals surface area contributed by atoms with E-state index in [2.05, 4.69) is 5.32 Å². The highest BCUT2D eigenvalue weighted by molar-refractivity contribution is 6.03. The number of benzene rings is 2. The first kappa shape index (κ1) is 18.8. The van der Waals surface area contributed by atoms with Crippen LogP contribution in [-0.2, 0) is 5.92 Å². The molecule has 4 nitrogen and oxygen atoms in total. The van der Waals surface area contributed by atoms with Gasteiger partial charge < -0.3 is 15.7 Å². The van der Waals surface area contributed by atoms with Crippen LogP contribution < -0.4 is 10.6 Å². The fourth-order valence-electron chi connectivity index (χ4n) is 2.20. The Bertz CT molecular complexity index is 804. The number of carbonyl (C=O) groups is 1. The van der Waals surface area contributed by atoms with Crippen molar-refractivity contribution in [3.63, 3.8) is 0 Å².